The number of hydrogen-bond acceptors (Lipinski definition) is 5. The molecule has 0 spiro atoms. The van der Waals surface area contributed by atoms with Crippen LogP contribution in [0.2, 0.25) is 0 Å². The van der Waals surface area contributed by atoms with Gasteiger partial charge in [0.1, 0.15) is 0 Å². The number of thioether (sulfide) groups is 1. The first-order valence-corrected chi connectivity index (χ1v) is 4.68. The van der Waals surface area contributed by atoms with E-state index in [0.29, 0.717) is 0 Å². The van der Waals surface area contributed by atoms with Gasteiger partial charge in [-0.05, 0) is 17.8 Å². The summed E-state index contributed by atoms with van der Waals surface area (Å²) >= 11 is 2.63. The fourth-order valence-electron chi connectivity index (χ4n) is 0.520. The minimum atomic E-state index is -0.159. The lowest BCUT2D eigenvalue weighted by Crippen LogP contribution is -2.28. The van der Waals surface area contributed by atoms with Crippen LogP contribution in [0.4, 0.5) is 0 Å². The predicted molar refractivity (Wildman–Crippen MR) is 45.1 cm³/mol. The number of nitrogens with one attached hydrogen (secondary N) is 2. The van der Waals surface area contributed by atoms with Gasteiger partial charge in [-0.1, -0.05) is 11.8 Å². The molecule has 1 aromatic heterocycles. The summed E-state index contributed by atoms with van der Waals surface area (Å²) in [6, 6.07) is 0. The lowest BCUT2D eigenvalue weighted by Gasteiger charge is -1.91. The van der Waals surface area contributed by atoms with E-state index >= 15 is 0 Å². The molecule has 1 heterocycles. The number of hydrogen-bond donors (Lipinski definition) is 3. The van der Waals surface area contributed by atoms with Crippen molar-refractivity contribution in [2.45, 2.75) is 4.34 Å². The summed E-state index contributed by atoms with van der Waals surface area (Å²) in [5.74, 6) is -0.159. The zero-order valence-electron chi connectivity index (χ0n) is 5.79. The predicted octanol–water partition coefficient (Wildman–Crippen LogP) is -0.112. The molecule has 4 N–H and O–H groups in total. The van der Waals surface area contributed by atoms with E-state index < -0.39 is 0 Å². The van der Waals surface area contributed by atoms with Crippen molar-refractivity contribution in [3.05, 3.63) is 5.62 Å². The highest BCUT2D eigenvalue weighted by Gasteiger charge is 2.03. The lowest BCUT2D eigenvalue weighted by atomic mass is 11.0. The van der Waals surface area contributed by atoms with Crippen LogP contribution in [-0.2, 0) is 0 Å². The summed E-state index contributed by atoms with van der Waals surface area (Å²) in [5, 5.41) is 14.3. The van der Waals surface area contributed by atoms with Gasteiger partial charge < -0.3 is 5.73 Å². The molecular weight excluding hydrogens is 182 g/mol. The summed E-state index contributed by atoms with van der Waals surface area (Å²) < 4.78 is 2.00. The lowest BCUT2D eigenvalue weighted by molar-refractivity contribution is 0.945. The van der Waals surface area contributed by atoms with Gasteiger partial charge in [-0.15, -0.1) is 0 Å². The minimum Gasteiger partial charge on any atom is -0.369 e. The molecule has 0 bridgehead atoms. The van der Waals surface area contributed by atoms with E-state index in [9.17, 15) is 0 Å². The van der Waals surface area contributed by atoms with Crippen LogP contribution in [0.25, 0.3) is 0 Å². The second-order valence-corrected chi connectivity index (χ2v) is 3.66. The largest absolute Gasteiger partial charge is 0.369 e. The number of nitrogens with zero attached hydrogens (tertiary/aromatic N) is 2. The molecule has 1 rings (SSSR count). The molecule has 0 amide bonds. The molecule has 5 nitrogen and oxygen atoms in total. The van der Waals surface area contributed by atoms with Crippen LogP contribution >= 0.6 is 23.3 Å². The van der Waals surface area contributed by atoms with Crippen LogP contribution < -0.4 is 11.4 Å². The number of rotatable bonds is 1. The molecule has 0 fully saturated rings. The van der Waals surface area contributed by atoms with Gasteiger partial charge in [0.15, 0.2) is 4.34 Å². The van der Waals surface area contributed by atoms with Gasteiger partial charge in [-0.3, -0.25) is 10.8 Å². The van der Waals surface area contributed by atoms with Crippen molar-refractivity contribution in [3.63, 3.8) is 0 Å². The van der Waals surface area contributed by atoms with Crippen molar-refractivity contribution in [1.82, 2.24) is 8.94 Å². The summed E-state index contributed by atoms with van der Waals surface area (Å²) in [7, 11) is 0. The zero-order valence-corrected chi connectivity index (χ0v) is 7.42. The fraction of sp³-hybridized carbons (Fsp3) is 0.250. The third-order valence-corrected chi connectivity index (χ3v) is 2.92. The van der Waals surface area contributed by atoms with Crippen LogP contribution in [0, 0.1) is 10.8 Å². The average molecular weight is 189 g/mol. The zero-order chi connectivity index (χ0) is 8.43. The first kappa shape index (κ1) is 8.28. The molecule has 0 aliphatic carbocycles. The molecule has 0 aliphatic rings. The van der Waals surface area contributed by atoms with Crippen molar-refractivity contribution in [2.24, 2.45) is 5.73 Å². The Labute approximate surface area is 71.4 Å². The van der Waals surface area contributed by atoms with Gasteiger partial charge >= 0.3 is 0 Å². The maximum Gasteiger partial charge on any atom is 0.240 e. The van der Waals surface area contributed by atoms with E-state index in [4.69, 9.17) is 16.6 Å². The van der Waals surface area contributed by atoms with E-state index in [1.54, 1.807) is 0 Å². The molecule has 11 heavy (non-hydrogen) atoms. The van der Waals surface area contributed by atoms with Gasteiger partial charge in [-0.25, -0.2) is 0 Å². The highest BCUT2D eigenvalue weighted by molar-refractivity contribution is 8.00. The highest BCUT2D eigenvalue weighted by atomic mass is 32.2. The minimum absolute atomic E-state index is 0.0202. The molecule has 0 radical (unpaired) electrons. The quantitative estimate of drug-likeness (QED) is 0.327. The van der Waals surface area contributed by atoms with E-state index in [2.05, 4.69) is 4.98 Å². The maximum atomic E-state index is 7.25. The standard InChI is InChI=1S/C4H7N5S2/c1-10-4-8-3(7)9(11-4)2(5)6/h7H,1H3,(H3,5,6). The Hall–Kier alpha value is -0.820. The molecule has 1 aromatic rings. The van der Waals surface area contributed by atoms with Gasteiger partial charge in [0.2, 0.25) is 11.6 Å². The SMILES string of the molecule is CSc1nc(=N)n(C(=N)N)s1. The Balaban J connectivity index is 3.18. The third kappa shape index (κ3) is 1.60. The van der Waals surface area contributed by atoms with Crippen molar-refractivity contribution in [3.8, 4) is 0 Å². The van der Waals surface area contributed by atoms with E-state index in [1.165, 1.54) is 27.3 Å². The van der Waals surface area contributed by atoms with E-state index in [1.807, 2.05) is 6.26 Å². The van der Waals surface area contributed by atoms with Crippen molar-refractivity contribution >= 4 is 29.3 Å². The van der Waals surface area contributed by atoms with Crippen molar-refractivity contribution in [1.29, 1.82) is 10.8 Å². The number of aromatic nitrogens is 2. The van der Waals surface area contributed by atoms with E-state index in [0.717, 1.165) is 4.34 Å². The van der Waals surface area contributed by atoms with Crippen LogP contribution in [0.5, 0.6) is 0 Å². The molecule has 60 valence electrons. The second kappa shape index (κ2) is 3.05. The Kier molecular flexibility index (Phi) is 2.30. The van der Waals surface area contributed by atoms with Gasteiger partial charge in [0, 0.05) is 0 Å². The summed E-state index contributed by atoms with van der Waals surface area (Å²) in [6.45, 7) is 0. The molecule has 0 aromatic carbocycles. The van der Waals surface area contributed by atoms with Crippen LogP contribution in [0.1, 0.15) is 0 Å². The summed E-state index contributed by atoms with van der Waals surface area (Å²) in [5.41, 5.74) is 5.19. The highest BCUT2D eigenvalue weighted by Crippen LogP contribution is 2.13. The first-order valence-electron chi connectivity index (χ1n) is 2.68. The van der Waals surface area contributed by atoms with Gasteiger partial charge in [-0.2, -0.15) is 8.94 Å². The van der Waals surface area contributed by atoms with Crippen molar-refractivity contribution in [2.75, 3.05) is 6.26 Å². The first-order chi connectivity index (χ1) is 5.15. The summed E-state index contributed by atoms with van der Waals surface area (Å²) in [6.07, 6.45) is 1.86. The summed E-state index contributed by atoms with van der Waals surface area (Å²) in [4.78, 5) is 3.84. The average Bonchev–Trinajstić information content (AvgIpc) is 2.30. The monoisotopic (exact) mass is 189 g/mol. The number of nitrogens with two attached hydrogens (primary N) is 1. The molecule has 0 atom stereocenters. The Morgan fingerprint density at radius 2 is 2.45 bits per heavy atom. The molecule has 0 saturated heterocycles. The molecule has 0 unspecified atom stereocenters. The normalized spacial score (nSPS) is 9.91. The van der Waals surface area contributed by atoms with Crippen LogP contribution in [0.15, 0.2) is 4.34 Å². The number of nitrogen functional groups attached to an aromatic ring is 1. The maximum absolute atomic E-state index is 7.25. The van der Waals surface area contributed by atoms with E-state index in [-0.39, 0.29) is 11.6 Å². The molecular formula is C4H7N5S2. The third-order valence-electron chi connectivity index (χ3n) is 0.952. The molecule has 7 heteroatoms. The Bertz CT molecular complexity index is 323. The molecule has 0 saturated carbocycles. The topological polar surface area (TPSA) is 91.5 Å². The van der Waals surface area contributed by atoms with Gasteiger partial charge in [0.25, 0.3) is 0 Å². The Morgan fingerprint density at radius 1 is 1.82 bits per heavy atom. The van der Waals surface area contributed by atoms with Crippen LogP contribution in [0.3, 0.4) is 0 Å². The van der Waals surface area contributed by atoms with Gasteiger partial charge in [0.05, 0.1) is 0 Å². The second-order valence-electron chi connectivity index (χ2n) is 1.68. The molecule has 0 aliphatic heterocycles. The smallest absolute Gasteiger partial charge is 0.240 e. The van der Waals surface area contributed by atoms with Crippen LogP contribution in [-0.4, -0.2) is 21.2 Å². The Morgan fingerprint density at radius 3 is 2.73 bits per heavy atom. The fourth-order valence-corrected chi connectivity index (χ4v) is 1.73. The van der Waals surface area contributed by atoms with Crippen molar-refractivity contribution < 1.29 is 0 Å².